The van der Waals surface area contributed by atoms with Crippen LogP contribution in [0.4, 0.5) is 0 Å². The maximum atomic E-state index is 13.8. The molecule has 4 atom stereocenters. The Balaban J connectivity index is 1.22. The summed E-state index contributed by atoms with van der Waals surface area (Å²) in [5.74, 6) is 2.51. The van der Waals surface area contributed by atoms with E-state index in [-0.39, 0.29) is 41.6 Å². The highest BCUT2D eigenvalue weighted by Gasteiger charge is 2.57. The zero-order chi connectivity index (χ0) is 35.1. The highest BCUT2D eigenvalue weighted by Crippen LogP contribution is 2.58. The normalized spacial score (nSPS) is 29.2. The molecule has 0 saturated heterocycles. The standard InChI is InChI=1S/C44H50O6/c1-23(2)32-21-35(25(5)19-37(32)48-42(46)39-27-13-7-8-14-28(27)39)44(34-18-12-11-17-31(34)41(45)50-44)36-22-33(24(3)4)38(20-26(36)6)49-43(47)40-29-15-9-10-16-30(29)40/h11-12,17-24,27-30,39-40H,7-10,13-16H2,1-6H3/t27-,28-,29-,30-/m1/s1. The van der Waals surface area contributed by atoms with Gasteiger partial charge in [0.1, 0.15) is 11.5 Å². The van der Waals surface area contributed by atoms with Gasteiger partial charge in [0.15, 0.2) is 5.60 Å². The van der Waals surface area contributed by atoms with Crippen molar-refractivity contribution in [3.05, 3.63) is 93.0 Å². The van der Waals surface area contributed by atoms with E-state index in [1.54, 1.807) is 0 Å². The molecule has 5 aliphatic rings. The molecule has 4 fully saturated rings. The SMILES string of the molecule is Cc1cc(OC(=O)C2[C@@H]3CCCC[C@@H]23)c(C(C)C)cc1C1(c2cc(C(C)C)c(OC(=O)C3[C@@H]4CCCC[C@@H]34)cc2C)OC(=O)c2ccccc21. The summed E-state index contributed by atoms with van der Waals surface area (Å²) >= 11 is 0. The lowest BCUT2D eigenvalue weighted by molar-refractivity contribution is -0.137. The third kappa shape index (κ3) is 5.31. The fourth-order valence-corrected chi connectivity index (χ4v) is 10.0. The van der Waals surface area contributed by atoms with E-state index in [1.807, 2.05) is 50.2 Å². The molecular formula is C44H50O6. The van der Waals surface area contributed by atoms with E-state index in [2.05, 4.69) is 39.8 Å². The average Bonchev–Trinajstić information content (AvgIpc) is 3.98. The largest absolute Gasteiger partial charge is 0.441 e. The van der Waals surface area contributed by atoms with Crippen LogP contribution in [0.15, 0.2) is 48.5 Å². The zero-order valence-electron chi connectivity index (χ0n) is 30.3. The highest BCUT2D eigenvalue weighted by molar-refractivity contribution is 5.96. The monoisotopic (exact) mass is 674 g/mol. The summed E-state index contributed by atoms with van der Waals surface area (Å²) < 4.78 is 19.1. The summed E-state index contributed by atoms with van der Waals surface area (Å²) in [6.45, 7) is 12.4. The van der Waals surface area contributed by atoms with Gasteiger partial charge in [0, 0.05) is 16.7 Å². The first kappa shape index (κ1) is 33.2. The number of esters is 3. The Kier molecular flexibility index (Phi) is 8.23. The van der Waals surface area contributed by atoms with E-state index < -0.39 is 5.60 Å². The van der Waals surface area contributed by atoms with Gasteiger partial charge in [-0.3, -0.25) is 9.59 Å². The van der Waals surface area contributed by atoms with Crippen LogP contribution in [0.25, 0.3) is 0 Å². The van der Waals surface area contributed by atoms with E-state index in [1.165, 1.54) is 25.7 Å². The van der Waals surface area contributed by atoms with Crippen molar-refractivity contribution in [2.45, 2.75) is 110 Å². The third-order valence-corrected chi connectivity index (χ3v) is 12.8. The Bertz CT molecular complexity index is 1760. The van der Waals surface area contributed by atoms with E-state index >= 15 is 0 Å². The molecule has 1 aliphatic heterocycles. The number of fused-ring (bicyclic) bond motifs is 3. The average molecular weight is 675 g/mol. The number of hydrogen-bond acceptors (Lipinski definition) is 6. The van der Waals surface area contributed by atoms with Crippen LogP contribution in [0, 0.1) is 49.4 Å². The molecule has 0 N–H and O–H groups in total. The van der Waals surface area contributed by atoms with Crippen molar-refractivity contribution in [1.82, 2.24) is 0 Å². The molecule has 8 rings (SSSR count). The molecule has 4 aliphatic carbocycles. The quantitative estimate of drug-likeness (QED) is 0.175. The van der Waals surface area contributed by atoms with Crippen molar-refractivity contribution >= 4 is 17.9 Å². The number of rotatable bonds is 8. The summed E-state index contributed by atoms with van der Waals surface area (Å²) in [6.07, 6.45) is 9.24. The van der Waals surface area contributed by atoms with Gasteiger partial charge in [-0.2, -0.15) is 0 Å². The van der Waals surface area contributed by atoms with Gasteiger partial charge in [-0.1, -0.05) is 71.6 Å². The van der Waals surface area contributed by atoms with Gasteiger partial charge in [-0.25, -0.2) is 4.79 Å². The predicted molar refractivity (Wildman–Crippen MR) is 191 cm³/mol. The van der Waals surface area contributed by atoms with Crippen LogP contribution in [0.5, 0.6) is 11.5 Å². The van der Waals surface area contributed by atoms with Crippen molar-refractivity contribution in [2.24, 2.45) is 35.5 Å². The molecule has 0 spiro atoms. The molecule has 0 bridgehead atoms. The number of ether oxygens (including phenoxy) is 3. The summed E-state index contributed by atoms with van der Waals surface area (Å²) in [7, 11) is 0. The number of hydrogen-bond donors (Lipinski definition) is 0. The van der Waals surface area contributed by atoms with Gasteiger partial charge < -0.3 is 14.2 Å². The van der Waals surface area contributed by atoms with E-state index in [0.29, 0.717) is 40.7 Å². The Morgan fingerprint density at radius 2 is 1.08 bits per heavy atom. The van der Waals surface area contributed by atoms with Crippen LogP contribution in [-0.2, 0) is 19.9 Å². The first-order valence-corrected chi connectivity index (χ1v) is 19.1. The molecule has 6 heteroatoms. The molecule has 0 radical (unpaired) electrons. The third-order valence-electron chi connectivity index (χ3n) is 12.8. The van der Waals surface area contributed by atoms with Crippen molar-refractivity contribution in [1.29, 1.82) is 0 Å². The number of cyclic esters (lactones) is 1. The molecule has 1 heterocycles. The van der Waals surface area contributed by atoms with Crippen LogP contribution in [-0.4, -0.2) is 17.9 Å². The molecule has 6 nitrogen and oxygen atoms in total. The number of carbonyl (C=O) groups excluding carboxylic acids is 3. The van der Waals surface area contributed by atoms with E-state index in [0.717, 1.165) is 64.6 Å². The molecule has 3 aromatic carbocycles. The van der Waals surface area contributed by atoms with Gasteiger partial charge in [0.05, 0.1) is 17.4 Å². The van der Waals surface area contributed by atoms with Crippen molar-refractivity contribution in [3.63, 3.8) is 0 Å². The number of carbonyl (C=O) groups is 3. The van der Waals surface area contributed by atoms with Crippen molar-refractivity contribution in [3.8, 4) is 11.5 Å². The molecule has 50 heavy (non-hydrogen) atoms. The first-order valence-electron chi connectivity index (χ1n) is 19.1. The minimum absolute atomic E-state index is 0.000171. The lowest BCUT2D eigenvalue weighted by Gasteiger charge is -2.34. The molecule has 0 aromatic heterocycles. The zero-order valence-corrected chi connectivity index (χ0v) is 30.3. The summed E-state index contributed by atoms with van der Waals surface area (Å²) in [6, 6.07) is 15.7. The molecule has 3 aromatic rings. The smallest absolute Gasteiger partial charge is 0.340 e. The summed E-state index contributed by atoms with van der Waals surface area (Å²) in [5, 5.41) is 0. The molecule has 4 saturated carbocycles. The second kappa shape index (κ2) is 12.4. The Morgan fingerprint density at radius 3 is 1.50 bits per heavy atom. The lowest BCUT2D eigenvalue weighted by Crippen LogP contribution is -2.32. The van der Waals surface area contributed by atoms with E-state index in [9.17, 15) is 14.4 Å². The summed E-state index contributed by atoms with van der Waals surface area (Å²) in [5.41, 5.74) is 5.27. The molecule has 0 unspecified atom stereocenters. The van der Waals surface area contributed by atoms with Crippen LogP contribution in [0.3, 0.4) is 0 Å². The van der Waals surface area contributed by atoms with Crippen molar-refractivity contribution in [2.75, 3.05) is 0 Å². The number of benzene rings is 3. The number of aryl methyl sites for hydroxylation is 2. The van der Waals surface area contributed by atoms with Gasteiger partial charge >= 0.3 is 17.9 Å². The van der Waals surface area contributed by atoms with E-state index in [4.69, 9.17) is 14.2 Å². The second-order valence-corrected chi connectivity index (χ2v) is 16.5. The molecular weight excluding hydrogens is 624 g/mol. The molecule has 262 valence electrons. The maximum Gasteiger partial charge on any atom is 0.340 e. The van der Waals surface area contributed by atoms with Crippen LogP contribution >= 0.6 is 0 Å². The van der Waals surface area contributed by atoms with Gasteiger partial charge in [-0.15, -0.1) is 0 Å². The Hall–Kier alpha value is -3.93. The predicted octanol–water partition coefficient (Wildman–Crippen LogP) is 9.70. The fraction of sp³-hybridized carbons (Fsp3) is 0.523. The fourth-order valence-electron chi connectivity index (χ4n) is 10.0. The maximum absolute atomic E-state index is 13.8. The Labute approximate surface area is 296 Å². The second-order valence-electron chi connectivity index (χ2n) is 16.5. The van der Waals surface area contributed by atoms with Crippen LogP contribution < -0.4 is 9.47 Å². The lowest BCUT2D eigenvalue weighted by atomic mass is 9.74. The van der Waals surface area contributed by atoms with Crippen LogP contribution in [0.1, 0.15) is 140 Å². The van der Waals surface area contributed by atoms with Crippen molar-refractivity contribution < 1.29 is 28.6 Å². The van der Waals surface area contributed by atoms with Gasteiger partial charge in [0.25, 0.3) is 0 Å². The topological polar surface area (TPSA) is 78.9 Å². The first-order chi connectivity index (χ1) is 24.0. The highest BCUT2D eigenvalue weighted by atomic mass is 16.6. The molecule has 0 amide bonds. The minimum atomic E-state index is -1.25. The van der Waals surface area contributed by atoms with Gasteiger partial charge in [-0.05, 0) is 128 Å². The van der Waals surface area contributed by atoms with Crippen LogP contribution in [0.2, 0.25) is 0 Å². The van der Waals surface area contributed by atoms with Gasteiger partial charge in [0.2, 0.25) is 0 Å². The summed E-state index contributed by atoms with van der Waals surface area (Å²) in [4.78, 5) is 40.8. The Morgan fingerprint density at radius 1 is 0.660 bits per heavy atom. The minimum Gasteiger partial charge on any atom is -0.441 e.